The lowest BCUT2D eigenvalue weighted by molar-refractivity contribution is -0.174. The van der Waals surface area contributed by atoms with Gasteiger partial charge in [-0.25, -0.2) is 0 Å². The van der Waals surface area contributed by atoms with Crippen LogP contribution in [0.15, 0.2) is 9.98 Å². The third-order valence-corrected chi connectivity index (χ3v) is 8.17. The van der Waals surface area contributed by atoms with Crippen molar-refractivity contribution in [3.05, 3.63) is 0 Å². The number of amidine groups is 2. The molecule has 0 aromatic heterocycles. The van der Waals surface area contributed by atoms with Gasteiger partial charge in [0.15, 0.2) is 10.3 Å². The van der Waals surface area contributed by atoms with Crippen LogP contribution >= 0.6 is 23.5 Å². The molecule has 0 aromatic rings. The summed E-state index contributed by atoms with van der Waals surface area (Å²) in [5.74, 6) is 0. The number of nitrogens with one attached hydrogen (secondary N) is 2. The lowest BCUT2D eigenvalue weighted by Crippen LogP contribution is -2.55. The summed E-state index contributed by atoms with van der Waals surface area (Å²) in [4.78, 5) is 8.14. The monoisotopic (exact) mass is 492 g/mol. The Morgan fingerprint density at radius 1 is 0.781 bits per heavy atom. The molecule has 0 aromatic carbocycles. The van der Waals surface area contributed by atoms with Crippen molar-refractivity contribution in [1.82, 2.24) is 10.6 Å². The van der Waals surface area contributed by atoms with Crippen LogP contribution < -0.4 is 10.6 Å². The molecule has 0 amide bonds. The van der Waals surface area contributed by atoms with Crippen LogP contribution in [0.1, 0.15) is 40.5 Å². The molecule has 184 valence electrons. The first-order valence-corrected chi connectivity index (χ1v) is 12.5. The molecular formula is C20H36N4O6S2. The highest BCUT2D eigenvalue weighted by atomic mass is 32.2. The first kappa shape index (κ1) is 26.0. The predicted octanol–water partition coefficient (Wildman–Crippen LogP) is -0.152. The normalized spacial score (nSPS) is 41.9. The zero-order valence-corrected chi connectivity index (χ0v) is 21.0. The summed E-state index contributed by atoms with van der Waals surface area (Å²) in [7, 11) is 3.44. The first-order chi connectivity index (χ1) is 14.8. The molecule has 4 aliphatic rings. The van der Waals surface area contributed by atoms with Gasteiger partial charge in [-0.3, -0.25) is 9.98 Å². The maximum Gasteiger partial charge on any atom is 0.159 e. The summed E-state index contributed by atoms with van der Waals surface area (Å²) in [6.45, 7) is 6.62. The molecule has 0 saturated carbocycles. The molecule has 6 N–H and O–H groups in total. The SMILES string of the molecule is CN=C1N[C@@H]2C[C@H](O)[C@@H](C(C)(C)O)O[C@@H]2S1.CN=C1N[C@@H]2C[C@H](O)[C@@H](C(C)(C)O)O[C@@H]2S1. The van der Waals surface area contributed by atoms with Crippen LogP contribution in [0, 0.1) is 0 Å². The second kappa shape index (κ2) is 9.95. The smallest absolute Gasteiger partial charge is 0.159 e. The van der Waals surface area contributed by atoms with E-state index >= 15 is 0 Å². The van der Waals surface area contributed by atoms with E-state index in [0.29, 0.717) is 12.8 Å². The van der Waals surface area contributed by atoms with Gasteiger partial charge < -0.3 is 40.5 Å². The van der Waals surface area contributed by atoms with Crippen molar-refractivity contribution in [2.45, 2.75) is 99.1 Å². The van der Waals surface area contributed by atoms with Crippen molar-refractivity contribution in [2.75, 3.05) is 14.1 Å². The van der Waals surface area contributed by atoms with Gasteiger partial charge in [0.05, 0.1) is 35.5 Å². The molecule has 4 rings (SSSR count). The Labute approximate surface area is 197 Å². The number of aliphatic imine (C=N–C) groups is 2. The Kier molecular flexibility index (Phi) is 8.08. The Balaban J connectivity index is 0.000000181. The Bertz CT molecular complexity index is 666. The summed E-state index contributed by atoms with van der Waals surface area (Å²) in [5, 5.41) is 47.7. The molecule has 4 aliphatic heterocycles. The Morgan fingerprint density at radius 2 is 1.12 bits per heavy atom. The van der Waals surface area contributed by atoms with Gasteiger partial charge in [0.25, 0.3) is 0 Å². The first-order valence-electron chi connectivity index (χ1n) is 10.7. The van der Waals surface area contributed by atoms with E-state index in [0.717, 1.165) is 10.3 Å². The van der Waals surface area contributed by atoms with E-state index in [1.165, 1.54) is 23.5 Å². The third-order valence-electron chi connectivity index (χ3n) is 5.78. The minimum atomic E-state index is -1.03. The largest absolute Gasteiger partial charge is 0.390 e. The number of nitrogens with zero attached hydrogens (tertiary/aromatic N) is 2. The van der Waals surface area contributed by atoms with E-state index in [2.05, 4.69) is 20.6 Å². The molecule has 0 bridgehead atoms. The Morgan fingerprint density at radius 3 is 1.41 bits per heavy atom. The van der Waals surface area contributed by atoms with Crippen LogP contribution in [-0.2, 0) is 9.47 Å². The maximum atomic E-state index is 9.94. The van der Waals surface area contributed by atoms with Crippen molar-refractivity contribution in [1.29, 1.82) is 0 Å². The summed E-state index contributed by atoms with van der Waals surface area (Å²) in [6, 6.07) is 0.162. The minimum absolute atomic E-state index is 0.0708. The van der Waals surface area contributed by atoms with Crippen LogP contribution in [0.25, 0.3) is 0 Å². The van der Waals surface area contributed by atoms with Crippen LogP contribution in [0.2, 0.25) is 0 Å². The number of rotatable bonds is 2. The molecule has 0 aliphatic carbocycles. The molecule has 12 heteroatoms. The van der Waals surface area contributed by atoms with Gasteiger partial charge in [-0.2, -0.15) is 0 Å². The lowest BCUT2D eigenvalue weighted by Gasteiger charge is -2.40. The summed E-state index contributed by atoms with van der Waals surface area (Å²) < 4.78 is 11.5. The summed E-state index contributed by atoms with van der Waals surface area (Å²) in [5.41, 5.74) is -2.20. The maximum absolute atomic E-state index is 9.94. The quantitative estimate of drug-likeness (QED) is 0.307. The zero-order chi connectivity index (χ0) is 23.8. The molecule has 4 fully saturated rings. The minimum Gasteiger partial charge on any atom is -0.390 e. The highest BCUT2D eigenvalue weighted by Crippen LogP contribution is 2.37. The van der Waals surface area contributed by atoms with Crippen molar-refractivity contribution in [3.63, 3.8) is 0 Å². The number of hydrogen-bond donors (Lipinski definition) is 6. The van der Waals surface area contributed by atoms with Crippen LogP contribution in [0.3, 0.4) is 0 Å². The van der Waals surface area contributed by atoms with Gasteiger partial charge in [-0.1, -0.05) is 23.5 Å². The summed E-state index contributed by atoms with van der Waals surface area (Å²) in [6.07, 6.45) is -1.23. The average molecular weight is 493 g/mol. The fourth-order valence-electron chi connectivity index (χ4n) is 4.24. The van der Waals surface area contributed by atoms with Gasteiger partial charge in [-0.15, -0.1) is 0 Å². The number of ether oxygens (including phenoxy) is 2. The topological polar surface area (TPSA) is 148 Å². The fraction of sp³-hybridized carbons (Fsp3) is 0.900. The molecule has 8 atom stereocenters. The van der Waals surface area contributed by atoms with E-state index in [4.69, 9.17) is 9.47 Å². The zero-order valence-electron chi connectivity index (χ0n) is 19.3. The number of aliphatic hydroxyl groups excluding tert-OH is 2. The summed E-state index contributed by atoms with van der Waals surface area (Å²) >= 11 is 3.02. The van der Waals surface area contributed by atoms with E-state index in [9.17, 15) is 20.4 Å². The molecule has 4 saturated heterocycles. The number of fused-ring (bicyclic) bond motifs is 2. The second-order valence-corrected chi connectivity index (χ2v) is 11.7. The van der Waals surface area contributed by atoms with Crippen LogP contribution in [-0.4, -0.2) is 103 Å². The second-order valence-electron chi connectivity index (χ2n) is 9.56. The van der Waals surface area contributed by atoms with Crippen molar-refractivity contribution < 1.29 is 29.9 Å². The number of thioether (sulfide) groups is 2. The van der Waals surface area contributed by atoms with Gasteiger partial charge in [0.1, 0.15) is 23.1 Å². The standard InChI is InChI=1S/2C10H18N2O3S/c2*1-10(2,14)7-6(13)4-5-8(15-7)16-9(11-3)12-5/h2*5-8,13-14H,4H2,1-3H3,(H,11,12)/t2*5-,6+,7+,8-/m11/s1. The van der Waals surface area contributed by atoms with Gasteiger partial charge in [0.2, 0.25) is 0 Å². The highest BCUT2D eigenvalue weighted by Gasteiger charge is 2.48. The molecule has 4 heterocycles. The molecule has 0 unspecified atom stereocenters. The van der Waals surface area contributed by atoms with E-state index in [-0.39, 0.29) is 23.0 Å². The molecule has 32 heavy (non-hydrogen) atoms. The van der Waals surface area contributed by atoms with Gasteiger partial charge >= 0.3 is 0 Å². The third kappa shape index (κ3) is 5.90. The van der Waals surface area contributed by atoms with Gasteiger partial charge in [0, 0.05) is 14.1 Å². The predicted molar refractivity (Wildman–Crippen MR) is 127 cm³/mol. The lowest BCUT2D eigenvalue weighted by atomic mass is 9.90. The van der Waals surface area contributed by atoms with Crippen LogP contribution in [0.4, 0.5) is 0 Å². The molecule has 0 radical (unpaired) electrons. The van der Waals surface area contributed by atoms with E-state index in [1.54, 1.807) is 41.8 Å². The molecule has 0 spiro atoms. The van der Waals surface area contributed by atoms with Crippen molar-refractivity contribution in [3.8, 4) is 0 Å². The Hall–Kier alpha value is -0.600. The van der Waals surface area contributed by atoms with E-state index < -0.39 is 35.6 Å². The van der Waals surface area contributed by atoms with Crippen molar-refractivity contribution >= 4 is 33.9 Å². The molecular weight excluding hydrogens is 456 g/mol. The average Bonchev–Trinajstić information content (AvgIpc) is 3.27. The van der Waals surface area contributed by atoms with Gasteiger partial charge in [-0.05, 0) is 40.5 Å². The number of aliphatic hydroxyl groups is 4. The number of hydrogen-bond acceptors (Lipinski definition) is 10. The van der Waals surface area contributed by atoms with Crippen molar-refractivity contribution in [2.24, 2.45) is 9.98 Å². The molecule has 10 nitrogen and oxygen atoms in total. The van der Waals surface area contributed by atoms with Crippen LogP contribution in [0.5, 0.6) is 0 Å². The van der Waals surface area contributed by atoms with E-state index in [1.807, 2.05) is 0 Å². The highest BCUT2D eigenvalue weighted by molar-refractivity contribution is 8.14. The fourth-order valence-corrected chi connectivity index (χ4v) is 6.37.